The SMILES string of the molecule is CCOCCNC/C=C/C(=O)OCC. The molecule has 0 aliphatic rings. The first-order chi connectivity index (χ1) is 6.81. The number of esters is 1. The predicted molar refractivity (Wildman–Crippen MR) is 55.1 cm³/mol. The van der Waals surface area contributed by atoms with E-state index in [1.807, 2.05) is 6.92 Å². The highest BCUT2D eigenvalue weighted by Crippen LogP contribution is 1.80. The van der Waals surface area contributed by atoms with Crippen molar-refractivity contribution in [3.8, 4) is 0 Å². The summed E-state index contributed by atoms with van der Waals surface area (Å²) in [4.78, 5) is 10.8. The molecule has 0 aromatic rings. The molecule has 0 unspecified atom stereocenters. The fourth-order valence-corrected chi connectivity index (χ4v) is 0.820. The number of carbonyl (C=O) groups is 1. The zero-order valence-electron chi connectivity index (χ0n) is 8.91. The Morgan fingerprint density at radius 2 is 2.14 bits per heavy atom. The van der Waals surface area contributed by atoms with E-state index in [-0.39, 0.29) is 5.97 Å². The first kappa shape index (κ1) is 13.1. The second-order valence-electron chi connectivity index (χ2n) is 2.56. The molecule has 0 aromatic carbocycles. The number of hydrogen-bond acceptors (Lipinski definition) is 4. The van der Waals surface area contributed by atoms with E-state index >= 15 is 0 Å². The summed E-state index contributed by atoms with van der Waals surface area (Å²) < 4.78 is 9.83. The zero-order valence-corrected chi connectivity index (χ0v) is 8.91. The smallest absolute Gasteiger partial charge is 0.330 e. The van der Waals surface area contributed by atoms with E-state index in [1.165, 1.54) is 6.08 Å². The monoisotopic (exact) mass is 201 g/mol. The molecule has 0 heterocycles. The fourth-order valence-electron chi connectivity index (χ4n) is 0.820. The van der Waals surface area contributed by atoms with Crippen LogP contribution in [0, 0.1) is 0 Å². The summed E-state index contributed by atoms with van der Waals surface area (Å²) in [6.07, 6.45) is 3.17. The van der Waals surface area contributed by atoms with E-state index in [0.717, 1.165) is 13.2 Å². The molecule has 0 rings (SSSR count). The minimum atomic E-state index is -0.292. The van der Waals surface area contributed by atoms with E-state index in [4.69, 9.17) is 9.47 Å². The lowest BCUT2D eigenvalue weighted by Crippen LogP contribution is -2.19. The van der Waals surface area contributed by atoms with Gasteiger partial charge in [-0.3, -0.25) is 0 Å². The molecule has 4 heteroatoms. The average molecular weight is 201 g/mol. The lowest BCUT2D eigenvalue weighted by atomic mass is 10.5. The van der Waals surface area contributed by atoms with Gasteiger partial charge in [-0.25, -0.2) is 4.79 Å². The van der Waals surface area contributed by atoms with Gasteiger partial charge in [0.05, 0.1) is 13.2 Å². The van der Waals surface area contributed by atoms with Crippen LogP contribution in [0.2, 0.25) is 0 Å². The second kappa shape index (κ2) is 10.2. The summed E-state index contributed by atoms with van der Waals surface area (Å²) in [6, 6.07) is 0. The lowest BCUT2D eigenvalue weighted by molar-refractivity contribution is -0.137. The molecule has 0 spiro atoms. The van der Waals surface area contributed by atoms with E-state index in [0.29, 0.717) is 19.8 Å². The third-order valence-corrected chi connectivity index (χ3v) is 1.43. The Kier molecular flexibility index (Phi) is 9.58. The molecule has 0 fully saturated rings. The van der Waals surface area contributed by atoms with Gasteiger partial charge in [0.15, 0.2) is 0 Å². The van der Waals surface area contributed by atoms with Crippen molar-refractivity contribution in [2.24, 2.45) is 0 Å². The van der Waals surface area contributed by atoms with Crippen molar-refractivity contribution in [3.05, 3.63) is 12.2 Å². The van der Waals surface area contributed by atoms with Gasteiger partial charge in [0, 0.05) is 25.8 Å². The van der Waals surface area contributed by atoms with Crippen molar-refractivity contribution in [2.75, 3.05) is 32.9 Å². The van der Waals surface area contributed by atoms with Gasteiger partial charge >= 0.3 is 5.97 Å². The topological polar surface area (TPSA) is 47.6 Å². The average Bonchev–Trinajstić information content (AvgIpc) is 2.17. The van der Waals surface area contributed by atoms with Crippen LogP contribution in [0.1, 0.15) is 13.8 Å². The van der Waals surface area contributed by atoms with Crippen LogP contribution in [0.25, 0.3) is 0 Å². The van der Waals surface area contributed by atoms with Gasteiger partial charge in [-0.15, -0.1) is 0 Å². The summed E-state index contributed by atoms with van der Waals surface area (Å²) in [6.45, 7) is 7.05. The van der Waals surface area contributed by atoms with Gasteiger partial charge in [0.25, 0.3) is 0 Å². The van der Waals surface area contributed by atoms with Gasteiger partial charge < -0.3 is 14.8 Å². The van der Waals surface area contributed by atoms with E-state index in [2.05, 4.69) is 5.32 Å². The molecule has 1 N–H and O–H groups in total. The minimum Gasteiger partial charge on any atom is -0.463 e. The molecule has 0 saturated heterocycles. The normalized spacial score (nSPS) is 10.7. The maximum absolute atomic E-state index is 10.8. The first-order valence-electron chi connectivity index (χ1n) is 4.93. The van der Waals surface area contributed by atoms with Crippen molar-refractivity contribution in [1.82, 2.24) is 5.32 Å². The van der Waals surface area contributed by atoms with Crippen LogP contribution >= 0.6 is 0 Å². The van der Waals surface area contributed by atoms with Crippen LogP contribution < -0.4 is 5.32 Å². The van der Waals surface area contributed by atoms with Gasteiger partial charge in [-0.2, -0.15) is 0 Å². The summed E-state index contributed by atoms with van der Waals surface area (Å²) >= 11 is 0. The van der Waals surface area contributed by atoms with Gasteiger partial charge in [-0.05, 0) is 13.8 Å². The van der Waals surface area contributed by atoms with Crippen LogP contribution in [0.4, 0.5) is 0 Å². The van der Waals surface area contributed by atoms with Crippen LogP contribution in [-0.2, 0) is 14.3 Å². The molecule has 0 aromatic heterocycles. The summed E-state index contributed by atoms with van der Waals surface area (Å²) in [5, 5.41) is 3.10. The highest BCUT2D eigenvalue weighted by atomic mass is 16.5. The Bertz CT molecular complexity index is 169. The summed E-state index contributed by atoms with van der Waals surface area (Å²) in [7, 11) is 0. The molecular formula is C10H19NO3. The minimum absolute atomic E-state index is 0.292. The third-order valence-electron chi connectivity index (χ3n) is 1.43. The summed E-state index contributed by atoms with van der Waals surface area (Å²) in [5.74, 6) is -0.292. The third kappa shape index (κ3) is 9.22. The van der Waals surface area contributed by atoms with Crippen LogP contribution in [0.5, 0.6) is 0 Å². The largest absolute Gasteiger partial charge is 0.463 e. The van der Waals surface area contributed by atoms with E-state index in [1.54, 1.807) is 13.0 Å². The molecule has 0 radical (unpaired) electrons. The van der Waals surface area contributed by atoms with Crippen molar-refractivity contribution in [3.63, 3.8) is 0 Å². The fraction of sp³-hybridized carbons (Fsp3) is 0.700. The molecule has 0 aliphatic carbocycles. The number of carbonyl (C=O) groups excluding carboxylic acids is 1. The number of rotatable bonds is 8. The number of nitrogens with one attached hydrogen (secondary N) is 1. The maximum atomic E-state index is 10.8. The van der Waals surface area contributed by atoms with Crippen molar-refractivity contribution >= 4 is 5.97 Å². The Morgan fingerprint density at radius 1 is 1.36 bits per heavy atom. The number of ether oxygens (including phenoxy) is 2. The van der Waals surface area contributed by atoms with Gasteiger partial charge in [0.2, 0.25) is 0 Å². The standard InChI is InChI=1S/C10H19NO3/c1-3-13-9-8-11-7-5-6-10(12)14-4-2/h5-6,11H,3-4,7-9H2,1-2H3/b6-5+. The quantitative estimate of drug-likeness (QED) is 0.357. The highest BCUT2D eigenvalue weighted by Gasteiger charge is 1.91. The number of hydrogen-bond donors (Lipinski definition) is 1. The molecule has 0 amide bonds. The van der Waals surface area contributed by atoms with Crippen LogP contribution in [0.3, 0.4) is 0 Å². The Hall–Kier alpha value is -0.870. The Balaban J connectivity index is 3.22. The molecule has 0 atom stereocenters. The molecular weight excluding hydrogens is 182 g/mol. The van der Waals surface area contributed by atoms with Crippen LogP contribution in [-0.4, -0.2) is 38.9 Å². The molecule has 14 heavy (non-hydrogen) atoms. The zero-order chi connectivity index (χ0) is 10.6. The van der Waals surface area contributed by atoms with Gasteiger partial charge in [-0.1, -0.05) is 6.08 Å². The predicted octanol–water partition coefficient (Wildman–Crippen LogP) is 0.732. The molecule has 4 nitrogen and oxygen atoms in total. The molecule has 0 bridgehead atoms. The van der Waals surface area contributed by atoms with E-state index < -0.39 is 0 Å². The van der Waals surface area contributed by atoms with Crippen LogP contribution in [0.15, 0.2) is 12.2 Å². The molecule has 0 aliphatic heterocycles. The summed E-state index contributed by atoms with van der Waals surface area (Å²) in [5.41, 5.74) is 0. The van der Waals surface area contributed by atoms with E-state index in [9.17, 15) is 4.79 Å². The van der Waals surface area contributed by atoms with Crippen molar-refractivity contribution in [2.45, 2.75) is 13.8 Å². The molecule has 82 valence electrons. The van der Waals surface area contributed by atoms with Crippen molar-refractivity contribution in [1.29, 1.82) is 0 Å². The lowest BCUT2D eigenvalue weighted by Gasteiger charge is -2.01. The Labute approximate surface area is 85.3 Å². The molecule has 0 saturated carbocycles. The highest BCUT2D eigenvalue weighted by molar-refractivity contribution is 5.81. The van der Waals surface area contributed by atoms with Gasteiger partial charge in [0.1, 0.15) is 0 Å². The first-order valence-corrected chi connectivity index (χ1v) is 4.93. The van der Waals surface area contributed by atoms with Crippen molar-refractivity contribution < 1.29 is 14.3 Å². The second-order valence-corrected chi connectivity index (χ2v) is 2.56. The Morgan fingerprint density at radius 3 is 2.79 bits per heavy atom. The maximum Gasteiger partial charge on any atom is 0.330 e.